The fraction of sp³-hybridized carbons (Fsp3) is 0.235. The van der Waals surface area contributed by atoms with E-state index >= 15 is 0 Å². The molecule has 0 spiro atoms. The molecule has 2 aromatic rings. The fourth-order valence-corrected chi connectivity index (χ4v) is 3.87. The van der Waals surface area contributed by atoms with Crippen molar-refractivity contribution in [2.45, 2.75) is 24.3 Å². The number of anilines is 1. The molecule has 3 rings (SSSR count). The van der Waals surface area contributed by atoms with Gasteiger partial charge in [-0.3, -0.25) is 0 Å². The summed E-state index contributed by atoms with van der Waals surface area (Å²) in [6, 6.07) is 13.6. The third-order valence-electron chi connectivity index (χ3n) is 3.69. The lowest BCUT2D eigenvalue weighted by Crippen LogP contribution is -2.33. The number of nitrogens with one attached hydrogen (secondary N) is 2. The van der Waals surface area contributed by atoms with E-state index in [-0.39, 0.29) is 11.9 Å². The van der Waals surface area contributed by atoms with E-state index in [0.29, 0.717) is 16.4 Å². The number of hydrogen-bond acceptors (Lipinski definition) is 2. The zero-order valence-corrected chi connectivity index (χ0v) is 13.9. The summed E-state index contributed by atoms with van der Waals surface area (Å²) < 4.78 is 13.6. The van der Waals surface area contributed by atoms with E-state index in [1.165, 1.54) is 16.5 Å². The van der Waals surface area contributed by atoms with Crippen LogP contribution in [0.2, 0.25) is 0 Å². The minimum atomic E-state index is -0.229. The van der Waals surface area contributed by atoms with Crippen molar-refractivity contribution in [3.8, 4) is 0 Å². The van der Waals surface area contributed by atoms with Gasteiger partial charge >= 0.3 is 0 Å². The Bertz CT molecular complexity index is 703. The van der Waals surface area contributed by atoms with Crippen LogP contribution in [0.5, 0.6) is 0 Å². The van der Waals surface area contributed by atoms with Crippen LogP contribution in [0.15, 0.2) is 47.4 Å². The molecule has 1 aliphatic heterocycles. The van der Waals surface area contributed by atoms with Crippen LogP contribution in [0.25, 0.3) is 0 Å². The van der Waals surface area contributed by atoms with E-state index < -0.39 is 0 Å². The molecule has 0 saturated carbocycles. The Kier molecular flexibility index (Phi) is 4.64. The van der Waals surface area contributed by atoms with E-state index in [9.17, 15) is 4.39 Å². The van der Waals surface area contributed by atoms with E-state index in [1.54, 1.807) is 13.0 Å². The fourth-order valence-electron chi connectivity index (χ4n) is 2.49. The average Bonchev–Trinajstić information content (AvgIpc) is 2.51. The van der Waals surface area contributed by atoms with Gasteiger partial charge in [0, 0.05) is 16.3 Å². The zero-order chi connectivity index (χ0) is 15.5. The van der Waals surface area contributed by atoms with Gasteiger partial charge in [0.15, 0.2) is 5.11 Å². The molecular formula is C17H17FN2S2. The number of hydrogen-bond donors (Lipinski definition) is 2. The number of benzene rings is 2. The molecule has 22 heavy (non-hydrogen) atoms. The van der Waals surface area contributed by atoms with Gasteiger partial charge < -0.3 is 10.6 Å². The molecule has 5 heteroatoms. The SMILES string of the molecule is Cc1ccc(NC(=S)N[C@@H]2CCSc3ccccc32)cc1F. The standard InChI is InChI=1S/C17H17FN2S2/c1-11-6-7-12(10-14(11)18)19-17(21)20-15-8-9-22-16-5-3-2-4-13(15)16/h2-7,10,15H,8-9H2,1H3,(H2,19,20,21)/t15-/m1/s1. The van der Waals surface area contributed by atoms with Gasteiger partial charge in [0.1, 0.15) is 5.82 Å². The Hall–Kier alpha value is -1.59. The smallest absolute Gasteiger partial charge is 0.171 e. The lowest BCUT2D eigenvalue weighted by molar-refractivity contribution is 0.614. The number of thiocarbonyl (C=S) groups is 1. The van der Waals surface area contributed by atoms with Gasteiger partial charge in [-0.25, -0.2) is 4.39 Å². The first kappa shape index (κ1) is 15.3. The van der Waals surface area contributed by atoms with Gasteiger partial charge in [-0.2, -0.15) is 0 Å². The van der Waals surface area contributed by atoms with Crippen LogP contribution >= 0.6 is 24.0 Å². The molecule has 1 aliphatic rings. The van der Waals surface area contributed by atoms with E-state index in [0.717, 1.165) is 12.2 Å². The summed E-state index contributed by atoms with van der Waals surface area (Å²) >= 11 is 7.24. The highest BCUT2D eigenvalue weighted by Crippen LogP contribution is 2.35. The summed E-state index contributed by atoms with van der Waals surface area (Å²) in [5, 5.41) is 6.93. The number of halogens is 1. The second-order valence-electron chi connectivity index (χ2n) is 5.29. The molecule has 0 aliphatic carbocycles. The van der Waals surface area contributed by atoms with Gasteiger partial charge in [-0.1, -0.05) is 24.3 Å². The summed E-state index contributed by atoms with van der Waals surface area (Å²) in [6.45, 7) is 1.74. The zero-order valence-electron chi connectivity index (χ0n) is 12.2. The van der Waals surface area contributed by atoms with Gasteiger partial charge in [0.25, 0.3) is 0 Å². The highest BCUT2D eigenvalue weighted by Gasteiger charge is 2.20. The second-order valence-corrected chi connectivity index (χ2v) is 6.83. The van der Waals surface area contributed by atoms with Crippen molar-refractivity contribution in [1.82, 2.24) is 5.32 Å². The van der Waals surface area contributed by atoms with Gasteiger partial charge in [-0.05, 0) is 54.9 Å². The molecule has 0 saturated heterocycles. The Balaban J connectivity index is 1.69. The van der Waals surface area contributed by atoms with Crippen LogP contribution in [0.3, 0.4) is 0 Å². The molecule has 0 aromatic heterocycles. The Morgan fingerprint density at radius 1 is 1.27 bits per heavy atom. The van der Waals surface area contributed by atoms with Crippen molar-refractivity contribution in [2.75, 3.05) is 11.1 Å². The van der Waals surface area contributed by atoms with E-state index in [2.05, 4.69) is 28.8 Å². The molecule has 2 aromatic carbocycles. The molecular weight excluding hydrogens is 315 g/mol. The summed E-state index contributed by atoms with van der Waals surface area (Å²) in [6.07, 6.45) is 1.02. The molecule has 1 atom stereocenters. The first-order valence-corrected chi connectivity index (χ1v) is 8.58. The lowest BCUT2D eigenvalue weighted by Gasteiger charge is -2.27. The Morgan fingerprint density at radius 2 is 2.09 bits per heavy atom. The predicted octanol–water partition coefficient (Wildman–Crippen LogP) is 4.66. The van der Waals surface area contributed by atoms with Crippen molar-refractivity contribution in [1.29, 1.82) is 0 Å². The van der Waals surface area contributed by atoms with E-state index in [1.807, 2.05) is 23.9 Å². The average molecular weight is 332 g/mol. The van der Waals surface area contributed by atoms with Crippen molar-refractivity contribution in [3.05, 3.63) is 59.4 Å². The lowest BCUT2D eigenvalue weighted by atomic mass is 10.0. The number of aryl methyl sites for hydroxylation is 1. The van der Waals surface area contributed by atoms with Crippen molar-refractivity contribution >= 4 is 34.8 Å². The maximum absolute atomic E-state index is 13.6. The minimum Gasteiger partial charge on any atom is -0.356 e. The van der Waals surface area contributed by atoms with Crippen LogP contribution in [0.1, 0.15) is 23.6 Å². The third-order valence-corrected chi connectivity index (χ3v) is 5.04. The largest absolute Gasteiger partial charge is 0.356 e. The van der Waals surface area contributed by atoms with Gasteiger partial charge in [-0.15, -0.1) is 11.8 Å². The van der Waals surface area contributed by atoms with Gasteiger partial charge in [0.05, 0.1) is 6.04 Å². The molecule has 0 unspecified atom stereocenters. The first-order valence-electron chi connectivity index (χ1n) is 7.19. The van der Waals surface area contributed by atoms with Crippen LogP contribution in [-0.2, 0) is 0 Å². The van der Waals surface area contributed by atoms with Crippen LogP contribution in [0.4, 0.5) is 10.1 Å². The predicted molar refractivity (Wildman–Crippen MR) is 95.0 cm³/mol. The highest BCUT2D eigenvalue weighted by atomic mass is 32.2. The van der Waals surface area contributed by atoms with Crippen molar-refractivity contribution in [2.24, 2.45) is 0 Å². The topological polar surface area (TPSA) is 24.1 Å². The maximum atomic E-state index is 13.6. The number of fused-ring (bicyclic) bond motifs is 1. The molecule has 0 radical (unpaired) electrons. The second kappa shape index (κ2) is 6.67. The molecule has 2 nitrogen and oxygen atoms in total. The minimum absolute atomic E-state index is 0.202. The van der Waals surface area contributed by atoms with Crippen LogP contribution < -0.4 is 10.6 Å². The summed E-state index contributed by atoms with van der Waals surface area (Å²) in [7, 11) is 0. The van der Waals surface area contributed by atoms with Gasteiger partial charge in [0.2, 0.25) is 0 Å². The van der Waals surface area contributed by atoms with E-state index in [4.69, 9.17) is 12.2 Å². The number of rotatable bonds is 2. The summed E-state index contributed by atoms with van der Waals surface area (Å²) in [5.74, 6) is 0.836. The third kappa shape index (κ3) is 3.42. The van der Waals surface area contributed by atoms with Crippen molar-refractivity contribution in [3.63, 3.8) is 0 Å². The molecule has 2 N–H and O–H groups in total. The highest BCUT2D eigenvalue weighted by molar-refractivity contribution is 7.99. The normalized spacial score (nSPS) is 16.7. The Morgan fingerprint density at radius 3 is 2.91 bits per heavy atom. The molecule has 114 valence electrons. The van der Waals surface area contributed by atoms with Crippen LogP contribution in [-0.4, -0.2) is 10.9 Å². The monoisotopic (exact) mass is 332 g/mol. The summed E-state index contributed by atoms with van der Waals surface area (Å²) in [5.41, 5.74) is 2.57. The molecule has 1 heterocycles. The quantitative estimate of drug-likeness (QED) is 0.781. The molecule has 0 bridgehead atoms. The number of thioether (sulfide) groups is 1. The Labute approximate surface area is 139 Å². The van der Waals surface area contributed by atoms with Crippen LogP contribution in [0, 0.1) is 12.7 Å². The summed E-state index contributed by atoms with van der Waals surface area (Å²) in [4.78, 5) is 1.30. The molecule has 0 fully saturated rings. The van der Waals surface area contributed by atoms with Crippen molar-refractivity contribution < 1.29 is 4.39 Å². The molecule has 0 amide bonds. The maximum Gasteiger partial charge on any atom is 0.171 e. The first-order chi connectivity index (χ1) is 10.6.